The van der Waals surface area contributed by atoms with Crippen LogP contribution in [0, 0.1) is 11.3 Å². The number of aromatic nitrogens is 3. The number of rotatable bonds is 2. The van der Waals surface area contributed by atoms with E-state index >= 15 is 0 Å². The zero-order chi connectivity index (χ0) is 13.9. The van der Waals surface area contributed by atoms with Gasteiger partial charge in [-0.2, -0.15) is 10.4 Å². The summed E-state index contributed by atoms with van der Waals surface area (Å²) in [5, 5.41) is 12.8. The second kappa shape index (κ2) is 5.27. The monoisotopic (exact) mass is 270 g/mol. The molecule has 102 valence electrons. The zero-order valence-electron chi connectivity index (χ0n) is 10.9. The number of fused-ring (bicyclic) bond motifs is 1. The minimum Gasteiger partial charge on any atom is -0.336 e. The Hall–Kier alpha value is -2.46. The van der Waals surface area contributed by atoms with Crippen LogP contribution in [0.1, 0.15) is 10.4 Å². The van der Waals surface area contributed by atoms with Gasteiger partial charge >= 0.3 is 0 Å². The van der Waals surface area contributed by atoms with Crippen molar-refractivity contribution < 1.29 is 4.79 Å². The Morgan fingerprint density at radius 1 is 1.30 bits per heavy atom. The molecule has 0 unspecified atom stereocenters. The fourth-order valence-electron chi connectivity index (χ4n) is 2.38. The minimum atomic E-state index is -0.0235. The fraction of sp³-hybridized carbons (Fsp3) is 0.385. The van der Waals surface area contributed by atoms with E-state index in [0.29, 0.717) is 25.2 Å². The normalized spacial score (nSPS) is 16.2. The molecule has 0 atom stereocenters. The van der Waals surface area contributed by atoms with E-state index < -0.39 is 0 Å². The van der Waals surface area contributed by atoms with Crippen molar-refractivity contribution in [2.24, 2.45) is 0 Å². The van der Waals surface area contributed by atoms with E-state index in [-0.39, 0.29) is 5.91 Å². The van der Waals surface area contributed by atoms with Gasteiger partial charge in [-0.15, -0.1) is 0 Å². The number of carbonyl (C=O) groups is 1. The molecule has 1 aliphatic rings. The van der Waals surface area contributed by atoms with E-state index in [4.69, 9.17) is 5.26 Å². The molecule has 3 rings (SSSR count). The molecular formula is C13H14N6O. The molecule has 20 heavy (non-hydrogen) atoms. The first-order valence-corrected chi connectivity index (χ1v) is 6.45. The summed E-state index contributed by atoms with van der Waals surface area (Å²) in [7, 11) is 0. The van der Waals surface area contributed by atoms with Gasteiger partial charge in [-0.05, 0) is 0 Å². The lowest BCUT2D eigenvalue weighted by Crippen LogP contribution is -2.48. The summed E-state index contributed by atoms with van der Waals surface area (Å²) in [5.74, 6) is -0.0235. The van der Waals surface area contributed by atoms with E-state index in [1.807, 2.05) is 4.90 Å². The van der Waals surface area contributed by atoms with Gasteiger partial charge in [0.15, 0.2) is 0 Å². The standard InChI is InChI=1S/C13H14N6O/c14-1-3-17-5-7-18(8-6-17)13(20)11-9-16-19-4-2-15-10-12(11)19/h2,4,9-10H,3,5-8H2. The molecule has 7 nitrogen and oxygen atoms in total. The predicted octanol–water partition coefficient (Wildman–Crippen LogP) is 0.0107. The first-order chi connectivity index (χ1) is 9.79. The topological polar surface area (TPSA) is 77.5 Å². The van der Waals surface area contributed by atoms with E-state index in [1.165, 1.54) is 0 Å². The Morgan fingerprint density at radius 3 is 2.85 bits per heavy atom. The predicted molar refractivity (Wildman–Crippen MR) is 70.9 cm³/mol. The van der Waals surface area contributed by atoms with Crippen LogP contribution in [-0.4, -0.2) is 63.0 Å². The molecule has 7 heteroatoms. The lowest BCUT2D eigenvalue weighted by molar-refractivity contribution is 0.0653. The third-order valence-corrected chi connectivity index (χ3v) is 3.51. The Labute approximate surface area is 116 Å². The summed E-state index contributed by atoms with van der Waals surface area (Å²) in [6.07, 6.45) is 6.58. The average molecular weight is 270 g/mol. The zero-order valence-corrected chi connectivity index (χ0v) is 10.9. The van der Waals surface area contributed by atoms with Gasteiger partial charge in [-0.25, -0.2) is 4.52 Å². The lowest BCUT2D eigenvalue weighted by Gasteiger charge is -2.33. The molecule has 0 aliphatic carbocycles. The van der Waals surface area contributed by atoms with Gasteiger partial charge in [-0.1, -0.05) is 0 Å². The van der Waals surface area contributed by atoms with Crippen molar-refractivity contribution in [1.29, 1.82) is 5.26 Å². The van der Waals surface area contributed by atoms with Crippen molar-refractivity contribution in [3.8, 4) is 6.07 Å². The molecule has 0 radical (unpaired) electrons. The van der Waals surface area contributed by atoms with E-state index in [9.17, 15) is 4.79 Å². The van der Waals surface area contributed by atoms with Crippen LogP contribution in [0.2, 0.25) is 0 Å². The largest absolute Gasteiger partial charge is 0.336 e. The summed E-state index contributed by atoms with van der Waals surface area (Å²) in [5.41, 5.74) is 1.30. The van der Waals surface area contributed by atoms with Crippen molar-refractivity contribution >= 4 is 11.4 Å². The highest BCUT2D eigenvalue weighted by molar-refractivity contribution is 6.00. The van der Waals surface area contributed by atoms with Crippen LogP contribution >= 0.6 is 0 Å². The molecule has 1 fully saturated rings. The quantitative estimate of drug-likeness (QED) is 0.718. The maximum atomic E-state index is 12.5. The summed E-state index contributed by atoms with van der Waals surface area (Å²) in [4.78, 5) is 20.4. The number of carbonyl (C=O) groups excluding carboxylic acids is 1. The SMILES string of the molecule is N#CCN1CCN(C(=O)c2cnn3ccncc23)CC1. The summed E-state index contributed by atoms with van der Waals surface area (Å²) >= 11 is 0. The van der Waals surface area contributed by atoms with Gasteiger partial charge in [0.2, 0.25) is 0 Å². The molecule has 0 spiro atoms. The van der Waals surface area contributed by atoms with Gasteiger partial charge in [0, 0.05) is 38.6 Å². The third-order valence-electron chi connectivity index (χ3n) is 3.51. The Bertz CT molecular complexity index is 665. The molecule has 0 bridgehead atoms. The van der Waals surface area contributed by atoms with Gasteiger partial charge < -0.3 is 4.90 Å². The molecule has 1 amide bonds. The number of nitrogens with zero attached hydrogens (tertiary/aromatic N) is 6. The number of piperazine rings is 1. The summed E-state index contributed by atoms with van der Waals surface area (Å²) < 4.78 is 1.65. The van der Waals surface area contributed by atoms with Crippen molar-refractivity contribution in [3.05, 3.63) is 30.4 Å². The summed E-state index contributed by atoms with van der Waals surface area (Å²) in [6, 6.07) is 2.13. The lowest BCUT2D eigenvalue weighted by atomic mass is 10.2. The molecule has 3 heterocycles. The number of amides is 1. The average Bonchev–Trinajstić information content (AvgIpc) is 2.92. The first kappa shape index (κ1) is 12.6. The van der Waals surface area contributed by atoms with Gasteiger partial charge in [0.05, 0.1) is 36.1 Å². The highest BCUT2D eigenvalue weighted by atomic mass is 16.2. The van der Waals surface area contributed by atoms with E-state index in [0.717, 1.165) is 18.6 Å². The Morgan fingerprint density at radius 2 is 2.10 bits per heavy atom. The van der Waals surface area contributed by atoms with E-state index in [1.54, 1.807) is 34.2 Å². The molecule has 2 aromatic heterocycles. The number of hydrogen-bond donors (Lipinski definition) is 0. The van der Waals surface area contributed by atoms with Crippen LogP contribution < -0.4 is 0 Å². The highest BCUT2D eigenvalue weighted by Crippen LogP contribution is 2.13. The second-order valence-electron chi connectivity index (χ2n) is 4.69. The minimum absolute atomic E-state index is 0.0235. The van der Waals surface area contributed by atoms with Gasteiger partial charge in [-0.3, -0.25) is 14.7 Å². The Balaban J connectivity index is 1.76. The molecule has 0 aromatic carbocycles. The molecular weight excluding hydrogens is 256 g/mol. The molecule has 2 aromatic rings. The van der Waals surface area contributed by atoms with Crippen molar-refractivity contribution in [1.82, 2.24) is 24.4 Å². The second-order valence-corrected chi connectivity index (χ2v) is 4.69. The first-order valence-electron chi connectivity index (χ1n) is 6.45. The smallest absolute Gasteiger partial charge is 0.257 e. The number of nitriles is 1. The van der Waals surface area contributed by atoms with Crippen LogP contribution in [0.3, 0.4) is 0 Å². The van der Waals surface area contributed by atoms with Crippen molar-refractivity contribution in [2.45, 2.75) is 0 Å². The van der Waals surface area contributed by atoms with Crippen molar-refractivity contribution in [3.63, 3.8) is 0 Å². The molecule has 0 N–H and O–H groups in total. The third kappa shape index (κ3) is 2.21. The summed E-state index contributed by atoms with van der Waals surface area (Å²) in [6.45, 7) is 3.16. The van der Waals surface area contributed by atoms with E-state index in [2.05, 4.69) is 16.2 Å². The van der Waals surface area contributed by atoms with Crippen LogP contribution in [0.5, 0.6) is 0 Å². The van der Waals surface area contributed by atoms with Crippen LogP contribution in [-0.2, 0) is 0 Å². The Kier molecular flexibility index (Phi) is 3.31. The van der Waals surface area contributed by atoms with Crippen LogP contribution in [0.25, 0.3) is 5.52 Å². The highest BCUT2D eigenvalue weighted by Gasteiger charge is 2.24. The maximum absolute atomic E-state index is 12.5. The molecule has 1 aliphatic heterocycles. The van der Waals surface area contributed by atoms with Crippen LogP contribution in [0.15, 0.2) is 24.8 Å². The van der Waals surface area contributed by atoms with Crippen molar-refractivity contribution in [2.75, 3.05) is 32.7 Å². The van der Waals surface area contributed by atoms with Crippen LogP contribution in [0.4, 0.5) is 0 Å². The molecule has 1 saturated heterocycles. The molecule has 0 saturated carbocycles. The van der Waals surface area contributed by atoms with Gasteiger partial charge in [0.25, 0.3) is 5.91 Å². The fourth-order valence-corrected chi connectivity index (χ4v) is 2.38. The number of hydrogen-bond acceptors (Lipinski definition) is 5. The maximum Gasteiger partial charge on any atom is 0.257 e. The van der Waals surface area contributed by atoms with Gasteiger partial charge in [0.1, 0.15) is 0 Å².